The maximum absolute atomic E-state index is 12.9. The molecule has 4 rings (SSSR count). The first-order chi connectivity index (χ1) is 15.6. The van der Waals surface area contributed by atoms with Crippen molar-refractivity contribution in [2.45, 2.75) is 25.6 Å². The summed E-state index contributed by atoms with van der Waals surface area (Å²) in [4.78, 5) is 16.7. The Labute approximate surface area is 187 Å². The van der Waals surface area contributed by atoms with Gasteiger partial charge in [0, 0.05) is 31.7 Å². The number of carbonyl (C=O) groups is 1. The smallest absolute Gasteiger partial charge is 0.225 e. The lowest BCUT2D eigenvalue weighted by atomic mass is 10.1. The predicted molar refractivity (Wildman–Crippen MR) is 121 cm³/mol. The zero-order valence-corrected chi connectivity index (χ0v) is 18.1. The van der Waals surface area contributed by atoms with Gasteiger partial charge in [0.05, 0.1) is 19.9 Å². The molecule has 2 heterocycles. The van der Waals surface area contributed by atoms with Crippen LogP contribution in [0.2, 0.25) is 0 Å². The van der Waals surface area contributed by atoms with Crippen LogP contribution in [0.4, 0.5) is 5.69 Å². The van der Waals surface area contributed by atoms with Crippen molar-refractivity contribution in [1.82, 2.24) is 4.90 Å². The summed E-state index contributed by atoms with van der Waals surface area (Å²) in [5.74, 6) is 2.24. The van der Waals surface area contributed by atoms with Gasteiger partial charge in [-0.1, -0.05) is 18.2 Å². The predicted octanol–water partition coefficient (Wildman–Crippen LogP) is 3.47. The summed E-state index contributed by atoms with van der Waals surface area (Å²) in [6, 6.07) is 19.0. The molecule has 168 valence electrons. The highest BCUT2D eigenvalue weighted by Gasteiger charge is 2.24. The lowest BCUT2D eigenvalue weighted by Gasteiger charge is -2.34. The summed E-state index contributed by atoms with van der Waals surface area (Å²) in [5, 5.41) is 10.6. The van der Waals surface area contributed by atoms with Crippen LogP contribution in [0, 0.1) is 0 Å². The Morgan fingerprint density at radius 3 is 2.56 bits per heavy atom. The van der Waals surface area contributed by atoms with Gasteiger partial charge in [0.2, 0.25) is 5.91 Å². The van der Waals surface area contributed by atoms with Crippen molar-refractivity contribution in [3.63, 3.8) is 0 Å². The number of aliphatic hydroxyl groups is 1. The van der Waals surface area contributed by atoms with E-state index in [4.69, 9.17) is 13.9 Å². The quantitative estimate of drug-likeness (QED) is 0.583. The highest BCUT2D eigenvalue weighted by molar-refractivity contribution is 5.78. The van der Waals surface area contributed by atoms with Crippen molar-refractivity contribution in [2.75, 3.05) is 31.7 Å². The van der Waals surface area contributed by atoms with Gasteiger partial charge in [-0.3, -0.25) is 4.79 Å². The van der Waals surface area contributed by atoms with Crippen LogP contribution in [-0.2, 0) is 17.9 Å². The molecule has 1 amide bonds. The number of ether oxygens (including phenoxy) is 2. The summed E-state index contributed by atoms with van der Waals surface area (Å²) in [5.41, 5.74) is 2.06. The Hall–Kier alpha value is -3.45. The molecule has 0 aliphatic carbocycles. The van der Waals surface area contributed by atoms with Crippen LogP contribution < -0.4 is 14.4 Å². The third-order valence-corrected chi connectivity index (χ3v) is 5.50. The molecule has 32 heavy (non-hydrogen) atoms. The first-order valence-electron chi connectivity index (χ1n) is 10.7. The van der Waals surface area contributed by atoms with Gasteiger partial charge in [0.15, 0.2) is 0 Å². The van der Waals surface area contributed by atoms with Crippen molar-refractivity contribution < 1.29 is 23.8 Å². The highest BCUT2D eigenvalue weighted by Crippen LogP contribution is 2.26. The normalized spacial score (nSPS) is 15.0. The Morgan fingerprint density at radius 1 is 1.03 bits per heavy atom. The minimum atomic E-state index is -0.709. The molecule has 0 spiro atoms. The van der Waals surface area contributed by atoms with E-state index in [0.29, 0.717) is 38.3 Å². The van der Waals surface area contributed by atoms with Crippen molar-refractivity contribution in [2.24, 2.45) is 0 Å². The molecule has 0 radical (unpaired) electrons. The number of hydrogen-bond donors (Lipinski definition) is 1. The van der Waals surface area contributed by atoms with E-state index in [2.05, 4.69) is 4.90 Å². The van der Waals surface area contributed by atoms with Crippen LogP contribution in [0.3, 0.4) is 0 Å². The van der Waals surface area contributed by atoms with Gasteiger partial charge in [-0.2, -0.15) is 0 Å². The molecule has 0 saturated carbocycles. The van der Waals surface area contributed by atoms with Crippen molar-refractivity contribution in [3.05, 3.63) is 78.3 Å². The molecule has 7 nitrogen and oxygen atoms in total. The van der Waals surface area contributed by atoms with E-state index in [0.717, 1.165) is 22.8 Å². The first kappa shape index (κ1) is 21.8. The van der Waals surface area contributed by atoms with Crippen molar-refractivity contribution >= 4 is 11.6 Å². The zero-order chi connectivity index (χ0) is 22.3. The lowest BCUT2D eigenvalue weighted by molar-refractivity contribution is -0.132. The molecular weight excluding hydrogens is 408 g/mol. The third-order valence-electron chi connectivity index (χ3n) is 5.50. The number of benzene rings is 2. The van der Waals surface area contributed by atoms with E-state index in [1.165, 1.54) is 0 Å². The highest BCUT2D eigenvalue weighted by atomic mass is 16.5. The number of carbonyl (C=O) groups excluding carboxylic acids is 1. The fraction of sp³-hybridized carbons (Fsp3) is 0.320. The molecule has 2 aromatic carbocycles. The number of fused-ring (bicyclic) bond motifs is 1. The maximum Gasteiger partial charge on any atom is 0.225 e. The molecule has 1 atom stereocenters. The zero-order valence-electron chi connectivity index (χ0n) is 18.1. The second kappa shape index (κ2) is 10.2. The topological polar surface area (TPSA) is 75.4 Å². The van der Waals surface area contributed by atoms with E-state index in [-0.39, 0.29) is 12.5 Å². The third kappa shape index (κ3) is 5.42. The number of β-amino-alcohol motifs (C(OH)–C–C–N with tert-alkyl or cyclic N) is 1. The lowest BCUT2D eigenvalue weighted by Crippen LogP contribution is -2.41. The molecule has 1 aromatic heterocycles. The number of rotatable bonds is 8. The SMILES string of the molecule is COc1ccc(OCC(O)CN2CCC(=O)N(Cc3ccco3)Cc3ccccc32)cc1. The van der Waals surface area contributed by atoms with Crippen LogP contribution in [-0.4, -0.2) is 48.8 Å². The fourth-order valence-electron chi connectivity index (χ4n) is 3.85. The van der Waals surface area contributed by atoms with E-state index in [1.807, 2.05) is 65.6 Å². The first-order valence-corrected chi connectivity index (χ1v) is 10.7. The molecule has 1 aliphatic rings. The average molecular weight is 437 g/mol. The minimum absolute atomic E-state index is 0.0601. The van der Waals surface area contributed by atoms with E-state index >= 15 is 0 Å². The fourth-order valence-corrected chi connectivity index (χ4v) is 3.85. The second-order valence-electron chi connectivity index (χ2n) is 7.79. The summed E-state index contributed by atoms with van der Waals surface area (Å²) in [6.45, 7) is 1.98. The molecule has 1 N–H and O–H groups in total. The van der Waals surface area contributed by atoms with Gasteiger partial charge in [-0.25, -0.2) is 0 Å². The van der Waals surface area contributed by atoms with Gasteiger partial charge in [-0.15, -0.1) is 0 Å². The standard InChI is InChI=1S/C25H28N2O5/c1-30-21-8-10-22(11-9-21)32-18-20(28)16-26-13-12-25(29)27(17-23-6-4-14-31-23)15-19-5-2-3-7-24(19)26/h2-11,14,20,28H,12-13,15-18H2,1H3. The van der Waals surface area contributed by atoms with Gasteiger partial charge in [-0.05, 0) is 48.0 Å². The summed E-state index contributed by atoms with van der Waals surface area (Å²) in [6.07, 6.45) is 1.27. The summed E-state index contributed by atoms with van der Waals surface area (Å²) >= 11 is 0. The van der Waals surface area contributed by atoms with Crippen LogP contribution in [0.15, 0.2) is 71.3 Å². The monoisotopic (exact) mass is 436 g/mol. The van der Waals surface area contributed by atoms with E-state index in [1.54, 1.807) is 13.4 Å². The number of para-hydroxylation sites is 1. The largest absolute Gasteiger partial charge is 0.497 e. The number of nitrogens with zero attached hydrogens (tertiary/aromatic N) is 2. The molecule has 1 unspecified atom stereocenters. The number of methoxy groups -OCH3 is 1. The average Bonchev–Trinajstić information content (AvgIpc) is 3.33. The van der Waals surface area contributed by atoms with Gasteiger partial charge in [0.1, 0.15) is 30.0 Å². The van der Waals surface area contributed by atoms with Crippen molar-refractivity contribution in [1.29, 1.82) is 0 Å². The summed E-state index contributed by atoms with van der Waals surface area (Å²) < 4.78 is 16.3. The Balaban J connectivity index is 1.42. The molecule has 3 aromatic rings. The molecular formula is C25H28N2O5. The number of hydrogen-bond acceptors (Lipinski definition) is 6. The molecule has 7 heteroatoms. The van der Waals surface area contributed by atoms with Crippen LogP contribution in [0.5, 0.6) is 11.5 Å². The van der Waals surface area contributed by atoms with Gasteiger partial charge < -0.3 is 28.8 Å². The van der Waals surface area contributed by atoms with Gasteiger partial charge >= 0.3 is 0 Å². The van der Waals surface area contributed by atoms with E-state index < -0.39 is 6.10 Å². The van der Waals surface area contributed by atoms with E-state index in [9.17, 15) is 9.90 Å². The molecule has 0 saturated heterocycles. The Kier molecular flexibility index (Phi) is 6.97. The number of aliphatic hydroxyl groups excluding tert-OH is 1. The van der Waals surface area contributed by atoms with Gasteiger partial charge in [0.25, 0.3) is 0 Å². The van der Waals surface area contributed by atoms with Crippen LogP contribution in [0.1, 0.15) is 17.7 Å². The Bertz CT molecular complexity index is 1000. The maximum atomic E-state index is 12.9. The number of furan rings is 1. The number of amides is 1. The summed E-state index contributed by atoms with van der Waals surface area (Å²) in [7, 11) is 1.61. The Morgan fingerprint density at radius 2 is 1.81 bits per heavy atom. The molecule has 1 aliphatic heterocycles. The van der Waals surface area contributed by atoms with Crippen LogP contribution in [0.25, 0.3) is 0 Å². The molecule has 0 bridgehead atoms. The number of anilines is 1. The second-order valence-corrected chi connectivity index (χ2v) is 7.79. The minimum Gasteiger partial charge on any atom is -0.497 e. The molecule has 0 fully saturated rings. The van der Waals surface area contributed by atoms with Crippen LogP contribution >= 0.6 is 0 Å². The van der Waals surface area contributed by atoms with Crippen molar-refractivity contribution in [3.8, 4) is 11.5 Å².